The van der Waals surface area contributed by atoms with Crippen LogP contribution in [-0.2, 0) is 16.1 Å². The van der Waals surface area contributed by atoms with Crippen LogP contribution in [0.15, 0.2) is 24.3 Å². The second-order valence-corrected chi connectivity index (χ2v) is 4.86. The van der Waals surface area contributed by atoms with Crippen LogP contribution < -0.4 is 11.1 Å². The standard InChI is InChI=1S/C15H23N3O2/c1-4-12(9-16)15(20)17-14-8-6-5-7-13(14)10-18(3)11(2)19/h5-8,12H,4,9-10,16H2,1-3H3,(H,17,20). The fourth-order valence-corrected chi connectivity index (χ4v) is 1.84. The van der Waals surface area contributed by atoms with Gasteiger partial charge in [0.2, 0.25) is 11.8 Å². The summed E-state index contributed by atoms with van der Waals surface area (Å²) in [6.45, 7) is 4.25. The molecule has 1 rings (SSSR count). The van der Waals surface area contributed by atoms with Crippen molar-refractivity contribution in [3.8, 4) is 0 Å². The van der Waals surface area contributed by atoms with E-state index in [1.807, 2.05) is 31.2 Å². The summed E-state index contributed by atoms with van der Waals surface area (Å²) < 4.78 is 0. The van der Waals surface area contributed by atoms with Gasteiger partial charge in [-0.05, 0) is 18.1 Å². The van der Waals surface area contributed by atoms with Crippen LogP contribution in [-0.4, -0.2) is 30.3 Å². The normalized spacial score (nSPS) is 11.8. The van der Waals surface area contributed by atoms with Gasteiger partial charge in [-0.25, -0.2) is 0 Å². The van der Waals surface area contributed by atoms with Gasteiger partial charge >= 0.3 is 0 Å². The van der Waals surface area contributed by atoms with Gasteiger partial charge in [-0.15, -0.1) is 0 Å². The van der Waals surface area contributed by atoms with Crippen molar-refractivity contribution >= 4 is 17.5 Å². The van der Waals surface area contributed by atoms with Gasteiger partial charge in [0.25, 0.3) is 0 Å². The summed E-state index contributed by atoms with van der Waals surface area (Å²) in [6.07, 6.45) is 0.706. The lowest BCUT2D eigenvalue weighted by molar-refractivity contribution is -0.128. The van der Waals surface area contributed by atoms with Crippen molar-refractivity contribution in [3.05, 3.63) is 29.8 Å². The van der Waals surface area contributed by atoms with E-state index in [-0.39, 0.29) is 17.7 Å². The predicted molar refractivity (Wildman–Crippen MR) is 80.1 cm³/mol. The minimum absolute atomic E-state index is 0.0143. The lowest BCUT2D eigenvalue weighted by Gasteiger charge is -2.19. The Labute approximate surface area is 120 Å². The first kappa shape index (κ1) is 16.2. The van der Waals surface area contributed by atoms with Crippen LogP contribution in [0.3, 0.4) is 0 Å². The van der Waals surface area contributed by atoms with Crippen LogP contribution in [0, 0.1) is 5.92 Å². The Morgan fingerprint density at radius 3 is 2.55 bits per heavy atom. The van der Waals surface area contributed by atoms with E-state index in [1.54, 1.807) is 11.9 Å². The Hall–Kier alpha value is -1.88. The first-order chi connectivity index (χ1) is 9.49. The largest absolute Gasteiger partial charge is 0.342 e. The molecule has 1 aromatic rings. The van der Waals surface area contributed by atoms with Gasteiger partial charge in [0.15, 0.2) is 0 Å². The van der Waals surface area contributed by atoms with E-state index < -0.39 is 0 Å². The first-order valence-electron chi connectivity index (χ1n) is 6.80. The van der Waals surface area contributed by atoms with Gasteiger partial charge in [-0.2, -0.15) is 0 Å². The number of amides is 2. The molecule has 1 atom stereocenters. The number of hydrogen-bond acceptors (Lipinski definition) is 3. The summed E-state index contributed by atoms with van der Waals surface area (Å²) in [7, 11) is 1.73. The van der Waals surface area contributed by atoms with Crippen LogP contribution in [0.25, 0.3) is 0 Å². The van der Waals surface area contributed by atoms with E-state index in [0.29, 0.717) is 19.5 Å². The maximum Gasteiger partial charge on any atom is 0.228 e. The van der Waals surface area contributed by atoms with E-state index in [0.717, 1.165) is 11.3 Å². The monoisotopic (exact) mass is 277 g/mol. The van der Waals surface area contributed by atoms with Crippen molar-refractivity contribution in [2.75, 3.05) is 18.9 Å². The second kappa shape index (κ2) is 7.65. The van der Waals surface area contributed by atoms with E-state index >= 15 is 0 Å². The SMILES string of the molecule is CCC(CN)C(=O)Nc1ccccc1CN(C)C(C)=O. The zero-order valence-corrected chi connectivity index (χ0v) is 12.3. The summed E-state index contributed by atoms with van der Waals surface area (Å²) >= 11 is 0. The number of hydrogen-bond donors (Lipinski definition) is 2. The molecule has 0 bridgehead atoms. The van der Waals surface area contributed by atoms with Crippen molar-refractivity contribution in [3.63, 3.8) is 0 Å². The van der Waals surface area contributed by atoms with Crippen LogP contribution in [0.2, 0.25) is 0 Å². The summed E-state index contributed by atoms with van der Waals surface area (Å²) in [5.41, 5.74) is 7.22. The van der Waals surface area contributed by atoms with Gasteiger partial charge < -0.3 is 16.0 Å². The maximum atomic E-state index is 12.1. The van der Waals surface area contributed by atoms with Gasteiger partial charge in [0.1, 0.15) is 0 Å². The summed E-state index contributed by atoms with van der Waals surface area (Å²) in [6, 6.07) is 7.48. The fourth-order valence-electron chi connectivity index (χ4n) is 1.84. The van der Waals surface area contributed by atoms with Gasteiger partial charge in [0.05, 0.1) is 5.92 Å². The van der Waals surface area contributed by atoms with Gasteiger partial charge in [-0.3, -0.25) is 9.59 Å². The highest BCUT2D eigenvalue weighted by Gasteiger charge is 2.16. The zero-order chi connectivity index (χ0) is 15.1. The molecule has 20 heavy (non-hydrogen) atoms. The highest BCUT2D eigenvalue weighted by atomic mass is 16.2. The highest BCUT2D eigenvalue weighted by Crippen LogP contribution is 2.18. The number of rotatable bonds is 6. The Bertz CT molecular complexity index is 470. The molecule has 0 saturated heterocycles. The topological polar surface area (TPSA) is 75.4 Å². The molecule has 0 spiro atoms. The molecule has 0 aromatic heterocycles. The Kier molecular flexibility index (Phi) is 6.18. The first-order valence-corrected chi connectivity index (χ1v) is 6.80. The van der Waals surface area contributed by atoms with Gasteiger partial charge in [-0.1, -0.05) is 25.1 Å². The number of benzene rings is 1. The number of anilines is 1. The van der Waals surface area contributed by atoms with Crippen molar-refractivity contribution in [2.24, 2.45) is 11.7 Å². The van der Waals surface area contributed by atoms with Gasteiger partial charge in [0, 0.05) is 32.7 Å². The molecule has 0 saturated carbocycles. The minimum atomic E-state index is -0.186. The number of nitrogens with two attached hydrogens (primary N) is 1. The van der Waals surface area contributed by atoms with Crippen LogP contribution in [0.5, 0.6) is 0 Å². The lowest BCUT2D eigenvalue weighted by atomic mass is 10.1. The molecule has 110 valence electrons. The summed E-state index contributed by atoms with van der Waals surface area (Å²) in [5, 5.41) is 2.90. The molecule has 0 fully saturated rings. The Balaban J connectivity index is 2.85. The zero-order valence-electron chi connectivity index (χ0n) is 12.3. The third-order valence-electron chi connectivity index (χ3n) is 3.37. The third kappa shape index (κ3) is 4.35. The molecule has 0 aliphatic rings. The summed E-state index contributed by atoms with van der Waals surface area (Å²) in [4.78, 5) is 25.0. The molecule has 0 aliphatic heterocycles. The molecule has 3 N–H and O–H groups in total. The van der Waals surface area contributed by atoms with Crippen LogP contribution in [0.1, 0.15) is 25.8 Å². The number of para-hydroxylation sites is 1. The molecule has 1 unspecified atom stereocenters. The highest BCUT2D eigenvalue weighted by molar-refractivity contribution is 5.93. The van der Waals surface area contributed by atoms with E-state index in [1.165, 1.54) is 6.92 Å². The van der Waals surface area contributed by atoms with Crippen molar-refractivity contribution in [1.82, 2.24) is 4.90 Å². The van der Waals surface area contributed by atoms with Crippen LogP contribution in [0.4, 0.5) is 5.69 Å². The molecular formula is C15H23N3O2. The number of nitrogens with one attached hydrogen (secondary N) is 1. The Morgan fingerprint density at radius 1 is 1.35 bits per heavy atom. The molecular weight excluding hydrogens is 254 g/mol. The van der Waals surface area contributed by atoms with Crippen LogP contribution >= 0.6 is 0 Å². The smallest absolute Gasteiger partial charge is 0.228 e. The van der Waals surface area contributed by atoms with E-state index in [2.05, 4.69) is 5.32 Å². The number of carbonyl (C=O) groups excluding carboxylic acids is 2. The van der Waals surface area contributed by atoms with Crippen molar-refractivity contribution in [1.29, 1.82) is 0 Å². The average Bonchev–Trinajstić information content (AvgIpc) is 2.42. The third-order valence-corrected chi connectivity index (χ3v) is 3.37. The lowest BCUT2D eigenvalue weighted by Crippen LogP contribution is -2.29. The molecule has 5 nitrogen and oxygen atoms in total. The molecule has 1 aromatic carbocycles. The number of carbonyl (C=O) groups is 2. The maximum absolute atomic E-state index is 12.1. The quantitative estimate of drug-likeness (QED) is 0.829. The molecule has 0 radical (unpaired) electrons. The molecule has 2 amide bonds. The summed E-state index contributed by atoms with van der Waals surface area (Å²) in [5.74, 6) is -0.277. The minimum Gasteiger partial charge on any atom is -0.342 e. The second-order valence-electron chi connectivity index (χ2n) is 4.86. The van der Waals surface area contributed by atoms with Crippen molar-refractivity contribution < 1.29 is 9.59 Å². The fraction of sp³-hybridized carbons (Fsp3) is 0.467. The van der Waals surface area contributed by atoms with E-state index in [4.69, 9.17) is 5.73 Å². The molecule has 0 aliphatic carbocycles. The predicted octanol–water partition coefficient (Wildman–Crippen LogP) is 1.59. The van der Waals surface area contributed by atoms with E-state index in [9.17, 15) is 9.59 Å². The number of nitrogens with zero attached hydrogens (tertiary/aromatic N) is 1. The molecule has 0 heterocycles. The average molecular weight is 277 g/mol. The van der Waals surface area contributed by atoms with Crippen molar-refractivity contribution in [2.45, 2.75) is 26.8 Å². The Morgan fingerprint density at radius 2 is 2.00 bits per heavy atom. The molecule has 5 heteroatoms.